The summed E-state index contributed by atoms with van der Waals surface area (Å²) in [5.74, 6) is -1.35. The van der Waals surface area contributed by atoms with Crippen LogP contribution in [-0.2, 0) is 18.3 Å². The molecule has 1 N–H and O–H groups in total. The number of aromatic nitrogens is 2. The standard InChI is InChI=1S/C14H13N3O3/c1-16-11(6-7-15-16)13(18)17-10-5-3-2-4-9(10)8-12(17)14(19)20/h2-7,12H,8H2,1H3,(H,19,20). The third-order valence-corrected chi connectivity index (χ3v) is 3.52. The van der Waals surface area contributed by atoms with Crippen LogP contribution in [0.5, 0.6) is 0 Å². The normalized spacial score (nSPS) is 17.1. The Bertz CT molecular complexity index is 692. The molecule has 2 aromatic rings. The van der Waals surface area contributed by atoms with Crippen molar-refractivity contribution in [3.63, 3.8) is 0 Å². The number of rotatable bonds is 2. The van der Waals surface area contributed by atoms with E-state index in [2.05, 4.69) is 5.10 Å². The Hall–Kier alpha value is -2.63. The fraction of sp³-hybridized carbons (Fsp3) is 0.214. The van der Waals surface area contributed by atoms with Crippen LogP contribution in [0.3, 0.4) is 0 Å². The minimum absolute atomic E-state index is 0.328. The Kier molecular flexibility index (Phi) is 2.78. The molecule has 1 aromatic heterocycles. The van der Waals surface area contributed by atoms with Crippen LogP contribution in [-0.4, -0.2) is 32.8 Å². The number of benzene rings is 1. The number of hydrogen-bond donors (Lipinski definition) is 1. The summed E-state index contributed by atoms with van der Waals surface area (Å²) in [6.07, 6.45) is 1.85. The van der Waals surface area contributed by atoms with E-state index in [-0.39, 0.29) is 5.91 Å². The first-order valence-corrected chi connectivity index (χ1v) is 6.22. The fourth-order valence-corrected chi connectivity index (χ4v) is 2.54. The van der Waals surface area contributed by atoms with Crippen LogP contribution in [0.25, 0.3) is 0 Å². The number of nitrogens with zero attached hydrogens (tertiary/aromatic N) is 3. The number of carboxylic acid groups (broad SMARTS) is 1. The van der Waals surface area contributed by atoms with Gasteiger partial charge in [-0.1, -0.05) is 18.2 Å². The largest absolute Gasteiger partial charge is 0.480 e. The highest BCUT2D eigenvalue weighted by atomic mass is 16.4. The molecule has 1 aliphatic heterocycles. The maximum atomic E-state index is 12.6. The molecule has 1 aliphatic rings. The molecule has 0 aliphatic carbocycles. The Labute approximate surface area is 115 Å². The first-order chi connectivity index (χ1) is 9.59. The summed E-state index contributed by atoms with van der Waals surface area (Å²) >= 11 is 0. The van der Waals surface area contributed by atoms with Gasteiger partial charge in [0.2, 0.25) is 0 Å². The molecule has 0 saturated carbocycles. The lowest BCUT2D eigenvalue weighted by atomic mass is 10.1. The molecule has 0 saturated heterocycles. The molecule has 0 radical (unpaired) electrons. The highest BCUT2D eigenvalue weighted by Gasteiger charge is 2.39. The van der Waals surface area contributed by atoms with Gasteiger partial charge in [0.25, 0.3) is 5.91 Å². The van der Waals surface area contributed by atoms with E-state index in [4.69, 9.17) is 0 Å². The molecule has 6 nitrogen and oxygen atoms in total. The van der Waals surface area contributed by atoms with Crippen molar-refractivity contribution in [3.05, 3.63) is 47.8 Å². The zero-order valence-electron chi connectivity index (χ0n) is 10.9. The van der Waals surface area contributed by atoms with Gasteiger partial charge in [0.05, 0.1) is 0 Å². The monoisotopic (exact) mass is 271 g/mol. The SMILES string of the molecule is Cn1nccc1C(=O)N1c2ccccc2CC1C(=O)O. The quantitative estimate of drug-likeness (QED) is 0.886. The summed E-state index contributed by atoms with van der Waals surface area (Å²) in [6, 6.07) is 7.98. The van der Waals surface area contributed by atoms with Crippen LogP contribution in [0.1, 0.15) is 16.1 Å². The smallest absolute Gasteiger partial charge is 0.327 e. The van der Waals surface area contributed by atoms with Gasteiger partial charge in [-0.3, -0.25) is 14.4 Å². The number of amides is 1. The predicted octanol–water partition coefficient (Wildman–Crippen LogP) is 1.08. The van der Waals surface area contributed by atoms with E-state index in [9.17, 15) is 14.7 Å². The summed E-state index contributed by atoms with van der Waals surface area (Å²) in [6.45, 7) is 0. The van der Waals surface area contributed by atoms with Crippen LogP contribution in [0.15, 0.2) is 36.5 Å². The van der Waals surface area contributed by atoms with E-state index in [1.54, 1.807) is 25.2 Å². The molecule has 1 aromatic carbocycles. The van der Waals surface area contributed by atoms with Crippen molar-refractivity contribution in [2.24, 2.45) is 7.05 Å². The van der Waals surface area contributed by atoms with Gasteiger partial charge in [0, 0.05) is 25.4 Å². The first kappa shape index (κ1) is 12.4. The Morgan fingerprint density at radius 2 is 2.05 bits per heavy atom. The zero-order valence-corrected chi connectivity index (χ0v) is 10.9. The van der Waals surface area contributed by atoms with Gasteiger partial charge in [-0.05, 0) is 17.7 Å². The van der Waals surface area contributed by atoms with Crippen molar-refractivity contribution >= 4 is 17.6 Å². The lowest BCUT2D eigenvalue weighted by molar-refractivity contribution is -0.138. The molecule has 3 rings (SSSR count). The molecule has 20 heavy (non-hydrogen) atoms. The van der Waals surface area contributed by atoms with Crippen LogP contribution < -0.4 is 4.90 Å². The number of hydrogen-bond acceptors (Lipinski definition) is 3. The molecule has 0 spiro atoms. The lowest BCUT2D eigenvalue weighted by Crippen LogP contribution is -2.43. The van der Waals surface area contributed by atoms with Crippen molar-refractivity contribution in [1.29, 1.82) is 0 Å². The first-order valence-electron chi connectivity index (χ1n) is 6.22. The number of fused-ring (bicyclic) bond motifs is 1. The molecule has 1 amide bonds. The average molecular weight is 271 g/mol. The molecule has 0 fully saturated rings. The van der Waals surface area contributed by atoms with Crippen molar-refractivity contribution in [2.75, 3.05) is 4.90 Å². The number of aliphatic carboxylic acids is 1. The number of carbonyl (C=O) groups is 2. The second-order valence-corrected chi connectivity index (χ2v) is 4.70. The van der Waals surface area contributed by atoms with Gasteiger partial charge in [-0.25, -0.2) is 4.79 Å². The molecule has 1 unspecified atom stereocenters. The number of carbonyl (C=O) groups excluding carboxylic acids is 1. The molecular weight excluding hydrogens is 258 g/mol. The summed E-state index contributed by atoms with van der Waals surface area (Å²) in [5.41, 5.74) is 1.90. The number of carboxylic acids is 1. The topological polar surface area (TPSA) is 75.4 Å². The summed E-state index contributed by atoms with van der Waals surface area (Å²) < 4.78 is 1.45. The van der Waals surface area contributed by atoms with Gasteiger partial charge in [-0.15, -0.1) is 0 Å². The van der Waals surface area contributed by atoms with E-state index in [0.29, 0.717) is 17.8 Å². The maximum Gasteiger partial charge on any atom is 0.327 e. The Balaban J connectivity index is 2.07. The van der Waals surface area contributed by atoms with Gasteiger partial charge in [0.15, 0.2) is 0 Å². The average Bonchev–Trinajstić information content (AvgIpc) is 3.01. The van der Waals surface area contributed by atoms with E-state index in [1.165, 1.54) is 15.8 Å². The minimum atomic E-state index is -1.00. The van der Waals surface area contributed by atoms with E-state index in [0.717, 1.165) is 5.56 Å². The Morgan fingerprint density at radius 3 is 2.70 bits per heavy atom. The van der Waals surface area contributed by atoms with Crippen molar-refractivity contribution in [2.45, 2.75) is 12.5 Å². The van der Waals surface area contributed by atoms with Crippen molar-refractivity contribution in [1.82, 2.24) is 9.78 Å². The van der Waals surface area contributed by atoms with Crippen LogP contribution in [0, 0.1) is 0 Å². The summed E-state index contributed by atoms with van der Waals surface area (Å²) in [5, 5.41) is 13.3. The highest BCUT2D eigenvalue weighted by molar-refractivity contribution is 6.10. The highest BCUT2D eigenvalue weighted by Crippen LogP contribution is 2.33. The number of anilines is 1. The second kappa shape index (κ2) is 4.48. The third-order valence-electron chi connectivity index (χ3n) is 3.52. The van der Waals surface area contributed by atoms with Crippen LogP contribution >= 0.6 is 0 Å². The number of para-hydroxylation sites is 1. The van der Waals surface area contributed by atoms with Crippen LogP contribution in [0.4, 0.5) is 5.69 Å². The maximum absolute atomic E-state index is 12.6. The Morgan fingerprint density at radius 1 is 1.30 bits per heavy atom. The minimum Gasteiger partial charge on any atom is -0.480 e. The molecule has 6 heteroatoms. The molecule has 1 atom stereocenters. The lowest BCUT2D eigenvalue weighted by Gasteiger charge is -2.22. The molecule has 0 bridgehead atoms. The summed E-state index contributed by atoms with van der Waals surface area (Å²) in [4.78, 5) is 25.4. The summed E-state index contributed by atoms with van der Waals surface area (Å²) in [7, 11) is 1.66. The second-order valence-electron chi connectivity index (χ2n) is 4.70. The van der Waals surface area contributed by atoms with Gasteiger partial charge in [-0.2, -0.15) is 5.10 Å². The van der Waals surface area contributed by atoms with E-state index in [1.807, 2.05) is 12.1 Å². The predicted molar refractivity (Wildman–Crippen MR) is 71.6 cm³/mol. The fourth-order valence-electron chi connectivity index (χ4n) is 2.54. The zero-order chi connectivity index (χ0) is 14.3. The number of aryl methyl sites for hydroxylation is 1. The molecule has 102 valence electrons. The van der Waals surface area contributed by atoms with Crippen molar-refractivity contribution < 1.29 is 14.7 Å². The molecule has 2 heterocycles. The third kappa shape index (κ3) is 1.77. The van der Waals surface area contributed by atoms with E-state index >= 15 is 0 Å². The van der Waals surface area contributed by atoms with Crippen LogP contribution in [0.2, 0.25) is 0 Å². The van der Waals surface area contributed by atoms with Gasteiger partial charge < -0.3 is 5.11 Å². The van der Waals surface area contributed by atoms with Gasteiger partial charge >= 0.3 is 5.97 Å². The van der Waals surface area contributed by atoms with Gasteiger partial charge in [0.1, 0.15) is 11.7 Å². The van der Waals surface area contributed by atoms with E-state index < -0.39 is 12.0 Å². The molecular formula is C14H13N3O3. The van der Waals surface area contributed by atoms with Crippen molar-refractivity contribution in [3.8, 4) is 0 Å².